The van der Waals surface area contributed by atoms with Crippen molar-refractivity contribution in [3.63, 3.8) is 0 Å². The molecule has 4 heteroatoms. The van der Waals surface area contributed by atoms with Crippen molar-refractivity contribution in [2.75, 3.05) is 37.6 Å². The highest BCUT2D eigenvalue weighted by Gasteiger charge is 2.22. The molecular weight excluding hydrogens is 440 g/mol. The summed E-state index contributed by atoms with van der Waals surface area (Å²) < 4.78 is 6.70. The molecule has 3 aromatic carbocycles. The standard InChI is InChI=1S/C30H37ClN2O/c1-22(2)25-19-23(3)20-26(21-25)34-30(27-10-6-5-9-24(27)4)13-14-32-15-17-33(18-16-32)29-12-8-7-11-28(29)31/h5-12,19-22,30H,13-18H2,1-4H3/t30-/m1/s1. The van der Waals surface area contributed by atoms with Crippen LogP contribution in [0.4, 0.5) is 5.69 Å². The van der Waals surface area contributed by atoms with E-state index in [2.05, 4.69) is 92.1 Å². The van der Waals surface area contributed by atoms with Gasteiger partial charge in [0.25, 0.3) is 0 Å². The zero-order valence-corrected chi connectivity index (χ0v) is 21.7. The molecule has 0 aliphatic carbocycles. The quantitative estimate of drug-likeness (QED) is 0.336. The number of anilines is 1. The molecule has 1 atom stereocenters. The van der Waals surface area contributed by atoms with Gasteiger partial charge in [-0.15, -0.1) is 0 Å². The minimum Gasteiger partial charge on any atom is -0.486 e. The van der Waals surface area contributed by atoms with E-state index in [4.69, 9.17) is 16.3 Å². The molecule has 1 aliphatic rings. The van der Waals surface area contributed by atoms with Crippen molar-refractivity contribution in [1.82, 2.24) is 4.90 Å². The smallest absolute Gasteiger partial charge is 0.125 e. The zero-order chi connectivity index (χ0) is 24.1. The number of ether oxygens (including phenoxy) is 1. The fourth-order valence-electron chi connectivity index (χ4n) is 4.79. The Morgan fingerprint density at radius 1 is 0.882 bits per heavy atom. The van der Waals surface area contributed by atoms with Gasteiger partial charge in [-0.3, -0.25) is 4.90 Å². The van der Waals surface area contributed by atoms with Crippen molar-refractivity contribution in [3.05, 3.63) is 94.0 Å². The summed E-state index contributed by atoms with van der Waals surface area (Å²) in [5.41, 5.74) is 6.29. The number of piperazine rings is 1. The monoisotopic (exact) mass is 476 g/mol. The van der Waals surface area contributed by atoms with E-state index in [0.29, 0.717) is 5.92 Å². The van der Waals surface area contributed by atoms with E-state index in [0.717, 1.165) is 55.6 Å². The van der Waals surface area contributed by atoms with Gasteiger partial charge >= 0.3 is 0 Å². The molecule has 0 unspecified atom stereocenters. The fraction of sp³-hybridized carbons (Fsp3) is 0.400. The molecule has 1 saturated heterocycles. The summed E-state index contributed by atoms with van der Waals surface area (Å²) in [4.78, 5) is 4.95. The van der Waals surface area contributed by atoms with E-state index >= 15 is 0 Å². The van der Waals surface area contributed by atoms with E-state index in [9.17, 15) is 0 Å². The van der Waals surface area contributed by atoms with E-state index in [1.807, 2.05) is 12.1 Å². The van der Waals surface area contributed by atoms with Gasteiger partial charge < -0.3 is 9.64 Å². The molecule has 1 heterocycles. The number of hydrogen-bond donors (Lipinski definition) is 0. The molecule has 0 bridgehead atoms. The molecule has 34 heavy (non-hydrogen) atoms. The number of benzene rings is 3. The Bertz CT molecular complexity index is 1090. The number of hydrogen-bond acceptors (Lipinski definition) is 3. The van der Waals surface area contributed by atoms with E-state index in [1.165, 1.54) is 22.3 Å². The molecule has 0 radical (unpaired) electrons. The van der Waals surface area contributed by atoms with Crippen LogP contribution >= 0.6 is 11.6 Å². The van der Waals surface area contributed by atoms with E-state index < -0.39 is 0 Å². The molecule has 0 spiro atoms. The van der Waals surface area contributed by atoms with Gasteiger partial charge in [0.1, 0.15) is 11.9 Å². The zero-order valence-electron chi connectivity index (χ0n) is 20.9. The predicted molar refractivity (Wildman–Crippen MR) is 145 cm³/mol. The molecule has 4 rings (SSSR count). The maximum Gasteiger partial charge on any atom is 0.125 e. The molecule has 1 aliphatic heterocycles. The Balaban J connectivity index is 1.44. The molecule has 0 saturated carbocycles. The lowest BCUT2D eigenvalue weighted by Gasteiger charge is -2.37. The topological polar surface area (TPSA) is 15.7 Å². The van der Waals surface area contributed by atoms with Crippen molar-refractivity contribution in [2.45, 2.75) is 46.1 Å². The van der Waals surface area contributed by atoms with Crippen LogP contribution in [-0.2, 0) is 0 Å². The lowest BCUT2D eigenvalue weighted by atomic mass is 9.99. The molecule has 3 aromatic rings. The first-order valence-electron chi connectivity index (χ1n) is 12.5. The highest BCUT2D eigenvalue weighted by Crippen LogP contribution is 2.31. The van der Waals surface area contributed by atoms with Gasteiger partial charge in [0, 0.05) is 39.1 Å². The van der Waals surface area contributed by atoms with Crippen LogP contribution in [-0.4, -0.2) is 37.6 Å². The summed E-state index contributed by atoms with van der Waals surface area (Å²) >= 11 is 6.43. The summed E-state index contributed by atoms with van der Waals surface area (Å²) in [7, 11) is 0. The van der Waals surface area contributed by atoms with Crippen LogP contribution in [0.3, 0.4) is 0 Å². The maximum absolute atomic E-state index is 6.70. The van der Waals surface area contributed by atoms with Crippen molar-refractivity contribution in [2.24, 2.45) is 0 Å². The van der Waals surface area contributed by atoms with Gasteiger partial charge in [-0.1, -0.05) is 67.9 Å². The van der Waals surface area contributed by atoms with Gasteiger partial charge in [0.15, 0.2) is 0 Å². The number of rotatable bonds is 8. The van der Waals surface area contributed by atoms with E-state index in [-0.39, 0.29) is 6.10 Å². The molecule has 0 N–H and O–H groups in total. The molecule has 0 amide bonds. The summed E-state index contributed by atoms with van der Waals surface area (Å²) in [6.45, 7) is 13.9. The summed E-state index contributed by atoms with van der Waals surface area (Å²) in [5, 5.41) is 0.836. The van der Waals surface area contributed by atoms with Crippen LogP contribution < -0.4 is 9.64 Å². The van der Waals surface area contributed by atoms with Crippen LogP contribution in [0.2, 0.25) is 5.02 Å². The molecule has 1 fully saturated rings. The van der Waals surface area contributed by atoms with Crippen LogP contribution in [0, 0.1) is 13.8 Å². The largest absolute Gasteiger partial charge is 0.486 e. The van der Waals surface area contributed by atoms with Gasteiger partial charge in [-0.05, 0) is 66.3 Å². The van der Waals surface area contributed by atoms with Crippen LogP contribution in [0.5, 0.6) is 5.75 Å². The molecule has 0 aromatic heterocycles. The Hall–Kier alpha value is -2.49. The summed E-state index contributed by atoms with van der Waals surface area (Å²) in [6.07, 6.45) is 0.992. The maximum atomic E-state index is 6.70. The SMILES string of the molecule is Cc1cc(O[C@H](CCN2CCN(c3ccccc3Cl)CC2)c2ccccc2C)cc(C(C)C)c1. The normalized spacial score (nSPS) is 15.5. The van der Waals surface area contributed by atoms with Gasteiger partial charge in [0.2, 0.25) is 0 Å². The first kappa shape index (κ1) is 24.6. The fourth-order valence-corrected chi connectivity index (χ4v) is 5.04. The van der Waals surface area contributed by atoms with Crippen molar-refractivity contribution in [1.29, 1.82) is 0 Å². The second kappa shape index (κ2) is 11.3. The Morgan fingerprint density at radius 2 is 1.59 bits per heavy atom. The number of para-hydroxylation sites is 1. The van der Waals surface area contributed by atoms with E-state index in [1.54, 1.807) is 0 Å². The third-order valence-corrected chi connectivity index (χ3v) is 7.15. The van der Waals surface area contributed by atoms with Crippen molar-refractivity contribution < 1.29 is 4.74 Å². The first-order valence-corrected chi connectivity index (χ1v) is 12.8. The second-order valence-corrected chi connectivity index (χ2v) is 10.2. The van der Waals surface area contributed by atoms with Crippen LogP contribution in [0.15, 0.2) is 66.7 Å². The number of nitrogens with zero attached hydrogens (tertiary/aromatic N) is 2. The van der Waals surface area contributed by atoms with Crippen molar-refractivity contribution in [3.8, 4) is 5.75 Å². The lowest BCUT2D eigenvalue weighted by molar-refractivity contribution is 0.159. The van der Waals surface area contributed by atoms with Crippen LogP contribution in [0.25, 0.3) is 0 Å². The average molecular weight is 477 g/mol. The Kier molecular flexibility index (Phi) is 8.18. The van der Waals surface area contributed by atoms with Crippen molar-refractivity contribution >= 4 is 17.3 Å². The third-order valence-electron chi connectivity index (χ3n) is 6.83. The average Bonchev–Trinajstić information content (AvgIpc) is 2.82. The Labute approximate surface area is 210 Å². The second-order valence-electron chi connectivity index (χ2n) is 9.77. The third kappa shape index (κ3) is 6.14. The van der Waals surface area contributed by atoms with Gasteiger partial charge in [-0.25, -0.2) is 0 Å². The highest BCUT2D eigenvalue weighted by molar-refractivity contribution is 6.33. The minimum absolute atomic E-state index is 0.0320. The first-order chi connectivity index (χ1) is 16.4. The van der Waals surface area contributed by atoms with Crippen LogP contribution in [0.1, 0.15) is 54.5 Å². The predicted octanol–water partition coefficient (Wildman–Crippen LogP) is 7.41. The Morgan fingerprint density at radius 3 is 2.29 bits per heavy atom. The molecule has 180 valence electrons. The molecule has 3 nitrogen and oxygen atoms in total. The summed E-state index contributed by atoms with van der Waals surface area (Å²) in [5.74, 6) is 1.45. The van der Waals surface area contributed by atoms with Gasteiger partial charge in [-0.2, -0.15) is 0 Å². The highest BCUT2D eigenvalue weighted by atomic mass is 35.5. The summed E-state index contributed by atoms with van der Waals surface area (Å²) in [6, 6.07) is 23.4. The number of halogens is 1. The van der Waals surface area contributed by atoms with Gasteiger partial charge in [0.05, 0.1) is 10.7 Å². The lowest BCUT2D eigenvalue weighted by Crippen LogP contribution is -2.47. The minimum atomic E-state index is 0.0320. The number of aryl methyl sites for hydroxylation is 2. The molecular formula is C30H37ClN2O.